The van der Waals surface area contributed by atoms with Crippen molar-refractivity contribution in [1.82, 2.24) is 15.4 Å². The molecule has 5 nitrogen and oxygen atoms in total. The van der Waals surface area contributed by atoms with Gasteiger partial charge in [-0.15, -0.1) is 0 Å². The van der Waals surface area contributed by atoms with Gasteiger partial charge in [-0.3, -0.25) is 0 Å². The van der Waals surface area contributed by atoms with Crippen LogP contribution in [0, 0.1) is 13.8 Å². The molecule has 1 unspecified atom stereocenters. The molecule has 0 saturated carbocycles. The lowest BCUT2D eigenvalue weighted by atomic mass is 10.2. The fourth-order valence-electron chi connectivity index (χ4n) is 2.47. The molecule has 1 atom stereocenters. The lowest BCUT2D eigenvalue weighted by Gasteiger charge is -2.34. The van der Waals surface area contributed by atoms with Gasteiger partial charge in [-0.2, -0.15) is 11.8 Å². The number of hydrogen-bond donors (Lipinski definition) is 1. The number of aliphatic imine (C=N–C) groups is 1. The van der Waals surface area contributed by atoms with Gasteiger partial charge in [0.15, 0.2) is 5.96 Å². The van der Waals surface area contributed by atoms with E-state index in [1.807, 2.05) is 13.8 Å². The average Bonchev–Trinajstić information content (AvgIpc) is 2.82. The van der Waals surface area contributed by atoms with Gasteiger partial charge < -0.3 is 14.7 Å². The predicted molar refractivity (Wildman–Crippen MR) is 88.9 cm³/mol. The fraction of sp³-hybridized carbons (Fsp3) is 0.733. The Morgan fingerprint density at radius 2 is 2.29 bits per heavy atom. The zero-order chi connectivity index (χ0) is 15.2. The summed E-state index contributed by atoms with van der Waals surface area (Å²) in [5, 5.41) is 8.12. The minimum Gasteiger partial charge on any atom is -0.361 e. The van der Waals surface area contributed by atoms with E-state index < -0.39 is 0 Å². The lowest BCUT2D eigenvalue weighted by molar-refractivity contribution is 0.392. The molecule has 0 spiro atoms. The van der Waals surface area contributed by atoms with Crippen LogP contribution in [0.3, 0.4) is 0 Å². The number of hydrogen-bond acceptors (Lipinski definition) is 4. The van der Waals surface area contributed by atoms with Crippen molar-refractivity contribution >= 4 is 17.7 Å². The Kier molecular flexibility index (Phi) is 5.96. The molecule has 1 aliphatic rings. The van der Waals surface area contributed by atoms with Crippen LogP contribution in [-0.4, -0.2) is 46.7 Å². The largest absolute Gasteiger partial charge is 0.361 e. The van der Waals surface area contributed by atoms with Crippen molar-refractivity contribution in [2.45, 2.75) is 45.9 Å². The van der Waals surface area contributed by atoms with E-state index in [-0.39, 0.29) is 0 Å². The molecular weight excluding hydrogens is 284 g/mol. The normalized spacial score (nSPS) is 19.9. The van der Waals surface area contributed by atoms with Crippen LogP contribution in [0.25, 0.3) is 0 Å². The molecule has 1 aromatic rings. The molecule has 118 valence electrons. The van der Waals surface area contributed by atoms with E-state index >= 15 is 0 Å². The van der Waals surface area contributed by atoms with Crippen LogP contribution >= 0.6 is 11.8 Å². The van der Waals surface area contributed by atoms with Crippen molar-refractivity contribution in [3.63, 3.8) is 0 Å². The molecule has 0 amide bonds. The van der Waals surface area contributed by atoms with E-state index in [9.17, 15) is 0 Å². The van der Waals surface area contributed by atoms with Crippen molar-refractivity contribution < 1.29 is 4.52 Å². The van der Waals surface area contributed by atoms with Crippen LogP contribution in [0.1, 0.15) is 37.3 Å². The number of thioether (sulfide) groups is 1. The van der Waals surface area contributed by atoms with Gasteiger partial charge >= 0.3 is 0 Å². The Labute approximate surface area is 131 Å². The van der Waals surface area contributed by atoms with Gasteiger partial charge in [0.05, 0.1) is 12.2 Å². The Bertz CT molecular complexity index is 467. The minimum absolute atomic E-state index is 0.629. The summed E-state index contributed by atoms with van der Waals surface area (Å²) >= 11 is 2.07. The molecule has 0 aromatic carbocycles. The molecule has 1 N–H and O–H groups in total. The Balaban J connectivity index is 2.08. The maximum absolute atomic E-state index is 5.21. The molecule has 1 saturated heterocycles. The topological polar surface area (TPSA) is 53.7 Å². The van der Waals surface area contributed by atoms with Crippen LogP contribution in [0.4, 0.5) is 0 Å². The highest BCUT2D eigenvalue weighted by molar-refractivity contribution is 8.00. The summed E-state index contributed by atoms with van der Waals surface area (Å²) in [6.45, 7) is 12.0. The van der Waals surface area contributed by atoms with E-state index in [1.165, 1.54) is 12.2 Å². The number of aromatic nitrogens is 1. The molecule has 0 bridgehead atoms. The van der Waals surface area contributed by atoms with Crippen LogP contribution < -0.4 is 5.32 Å². The van der Waals surface area contributed by atoms with Gasteiger partial charge in [-0.25, -0.2) is 4.99 Å². The van der Waals surface area contributed by atoms with Crippen LogP contribution in [0.2, 0.25) is 0 Å². The van der Waals surface area contributed by atoms with Gasteiger partial charge in [0.1, 0.15) is 5.76 Å². The second kappa shape index (κ2) is 7.73. The van der Waals surface area contributed by atoms with Crippen LogP contribution in [0.5, 0.6) is 0 Å². The summed E-state index contributed by atoms with van der Waals surface area (Å²) in [4.78, 5) is 7.17. The van der Waals surface area contributed by atoms with Gasteiger partial charge in [-0.05, 0) is 27.2 Å². The quantitative estimate of drug-likeness (QED) is 0.684. The smallest absolute Gasteiger partial charge is 0.194 e. The van der Waals surface area contributed by atoms with E-state index in [4.69, 9.17) is 9.52 Å². The molecule has 2 rings (SSSR count). The number of rotatable bonds is 4. The molecule has 1 fully saturated rings. The van der Waals surface area contributed by atoms with Gasteiger partial charge in [0, 0.05) is 36.2 Å². The first kappa shape index (κ1) is 16.2. The van der Waals surface area contributed by atoms with Crippen molar-refractivity contribution in [3.05, 3.63) is 17.0 Å². The Morgan fingerprint density at radius 1 is 1.48 bits per heavy atom. The highest BCUT2D eigenvalue weighted by Crippen LogP contribution is 2.21. The summed E-state index contributed by atoms with van der Waals surface area (Å²) in [5.41, 5.74) is 2.04. The van der Waals surface area contributed by atoms with Crippen molar-refractivity contribution in [3.8, 4) is 0 Å². The maximum Gasteiger partial charge on any atom is 0.194 e. The third kappa shape index (κ3) is 4.15. The zero-order valence-corrected chi connectivity index (χ0v) is 14.3. The molecule has 21 heavy (non-hydrogen) atoms. The third-order valence-electron chi connectivity index (χ3n) is 3.80. The number of guanidine groups is 1. The summed E-state index contributed by atoms with van der Waals surface area (Å²) in [5.74, 6) is 3.05. The predicted octanol–water partition coefficient (Wildman–Crippen LogP) is 2.58. The van der Waals surface area contributed by atoms with Gasteiger partial charge in [0.25, 0.3) is 0 Å². The second-order valence-corrected chi connectivity index (χ2v) is 6.73. The monoisotopic (exact) mass is 310 g/mol. The summed E-state index contributed by atoms with van der Waals surface area (Å²) < 4.78 is 5.21. The van der Waals surface area contributed by atoms with Crippen molar-refractivity contribution in [2.75, 3.05) is 25.4 Å². The highest BCUT2D eigenvalue weighted by Gasteiger charge is 2.21. The summed E-state index contributed by atoms with van der Waals surface area (Å²) in [6.07, 6.45) is 1.21. The first-order valence-electron chi connectivity index (χ1n) is 7.72. The minimum atomic E-state index is 0.629. The van der Waals surface area contributed by atoms with E-state index in [2.05, 4.69) is 41.0 Å². The number of nitrogens with zero attached hydrogens (tertiary/aromatic N) is 3. The van der Waals surface area contributed by atoms with E-state index in [0.29, 0.717) is 11.8 Å². The molecule has 0 aliphatic carbocycles. The van der Waals surface area contributed by atoms with Gasteiger partial charge in [-0.1, -0.05) is 12.1 Å². The summed E-state index contributed by atoms with van der Waals surface area (Å²) in [7, 11) is 0. The number of nitrogens with one attached hydrogen (secondary N) is 1. The fourth-order valence-corrected chi connectivity index (χ4v) is 3.65. The standard InChI is InChI=1S/C15H26N4OS/c1-5-13-10-19(7-8-21-13)15(16-6-2)17-9-14-11(3)18-20-12(14)4/h13H,5-10H2,1-4H3,(H,16,17). The van der Waals surface area contributed by atoms with Crippen molar-refractivity contribution in [2.24, 2.45) is 4.99 Å². The molecule has 1 aromatic heterocycles. The Hall–Kier alpha value is -1.17. The zero-order valence-electron chi connectivity index (χ0n) is 13.5. The molecule has 0 radical (unpaired) electrons. The second-order valence-electron chi connectivity index (χ2n) is 5.32. The SMILES string of the molecule is CCNC(=NCc1c(C)noc1C)N1CCSC(CC)C1. The van der Waals surface area contributed by atoms with Gasteiger partial charge in [0.2, 0.25) is 0 Å². The molecule has 6 heteroatoms. The number of aryl methyl sites for hydroxylation is 2. The molecule has 1 aliphatic heterocycles. The van der Waals surface area contributed by atoms with Crippen molar-refractivity contribution in [1.29, 1.82) is 0 Å². The molecule has 2 heterocycles. The first-order valence-corrected chi connectivity index (χ1v) is 8.77. The summed E-state index contributed by atoms with van der Waals surface area (Å²) in [6, 6.07) is 0. The first-order chi connectivity index (χ1) is 10.2. The van der Waals surface area contributed by atoms with E-state index in [1.54, 1.807) is 0 Å². The highest BCUT2D eigenvalue weighted by atomic mass is 32.2. The Morgan fingerprint density at radius 3 is 2.90 bits per heavy atom. The lowest BCUT2D eigenvalue weighted by Crippen LogP contribution is -2.48. The third-order valence-corrected chi connectivity index (χ3v) is 5.17. The van der Waals surface area contributed by atoms with Crippen LogP contribution in [0.15, 0.2) is 9.52 Å². The average molecular weight is 310 g/mol. The maximum atomic E-state index is 5.21. The van der Waals surface area contributed by atoms with Crippen LogP contribution in [-0.2, 0) is 6.54 Å². The van der Waals surface area contributed by atoms with E-state index in [0.717, 1.165) is 42.6 Å². The molecular formula is C15H26N4OS.